The lowest BCUT2D eigenvalue weighted by molar-refractivity contribution is -0.274. The number of ether oxygens (including phenoxy) is 1. The van der Waals surface area contributed by atoms with Gasteiger partial charge in [-0.3, -0.25) is 4.57 Å². The van der Waals surface area contributed by atoms with Crippen molar-refractivity contribution < 1.29 is 22.7 Å². The van der Waals surface area contributed by atoms with Gasteiger partial charge in [0.05, 0.1) is 11.4 Å². The number of halogens is 3. The van der Waals surface area contributed by atoms with Crippen LogP contribution in [0.3, 0.4) is 0 Å². The molecule has 2 aromatic heterocycles. The summed E-state index contributed by atoms with van der Waals surface area (Å²) in [5.74, 6) is 0.437. The second-order valence-electron chi connectivity index (χ2n) is 10.4. The number of nitrogens with zero attached hydrogens (tertiary/aromatic N) is 6. The van der Waals surface area contributed by atoms with Crippen molar-refractivity contribution in [1.29, 1.82) is 0 Å². The van der Waals surface area contributed by atoms with E-state index in [9.17, 15) is 18.0 Å². The molecule has 0 bridgehead atoms. The van der Waals surface area contributed by atoms with Crippen molar-refractivity contribution >= 4 is 23.6 Å². The van der Waals surface area contributed by atoms with Crippen LogP contribution in [0.2, 0.25) is 0 Å². The topological polar surface area (TPSA) is 86.7 Å². The molecule has 0 aliphatic heterocycles. The number of rotatable bonds is 7. The summed E-state index contributed by atoms with van der Waals surface area (Å²) in [7, 11) is 0. The molecule has 0 aliphatic carbocycles. The van der Waals surface area contributed by atoms with Crippen LogP contribution in [0, 0.1) is 13.8 Å². The Morgan fingerprint density at radius 1 is 1.05 bits per heavy atom. The van der Waals surface area contributed by atoms with Crippen molar-refractivity contribution in [1.82, 2.24) is 19.3 Å². The van der Waals surface area contributed by atoms with Gasteiger partial charge in [0, 0.05) is 29.3 Å². The number of aliphatic imine (C=N–C) groups is 1. The quantitative estimate of drug-likeness (QED) is 0.175. The average molecular weight is 619 g/mol. The van der Waals surface area contributed by atoms with Gasteiger partial charge in [-0.2, -0.15) is 4.99 Å². The van der Waals surface area contributed by atoms with E-state index in [0.717, 1.165) is 28.1 Å². The van der Waals surface area contributed by atoms with Crippen LogP contribution < -0.4 is 9.54 Å². The van der Waals surface area contributed by atoms with Crippen LogP contribution in [0.5, 0.6) is 5.75 Å². The van der Waals surface area contributed by atoms with Crippen LogP contribution in [0.15, 0.2) is 88.4 Å². The molecule has 44 heavy (non-hydrogen) atoms. The van der Waals surface area contributed by atoms with Gasteiger partial charge in [-0.1, -0.05) is 50.2 Å². The van der Waals surface area contributed by atoms with Crippen LogP contribution in [0.1, 0.15) is 42.1 Å². The Morgan fingerprint density at radius 3 is 2.45 bits per heavy atom. The summed E-state index contributed by atoms with van der Waals surface area (Å²) in [4.78, 5) is 25.9. The van der Waals surface area contributed by atoms with Crippen LogP contribution >= 0.6 is 11.3 Å². The fraction of sp³-hybridized carbons (Fsp3) is 0.219. The predicted octanol–water partition coefficient (Wildman–Crippen LogP) is 7.76. The van der Waals surface area contributed by atoms with Crippen molar-refractivity contribution in [2.24, 2.45) is 9.98 Å². The molecule has 8 nitrogen and oxygen atoms in total. The number of carbonyl (C=O) groups is 1. The third-order valence-corrected chi connectivity index (χ3v) is 7.63. The predicted molar refractivity (Wildman–Crippen MR) is 164 cm³/mol. The first kappa shape index (κ1) is 30.6. The molecule has 0 spiro atoms. The molecule has 226 valence electrons. The Kier molecular flexibility index (Phi) is 8.91. The number of alkyl halides is 3. The molecule has 0 aliphatic rings. The number of benzene rings is 3. The van der Waals surface area contributed by atoms with E-state index >= 15 is 0 Å². The molecule has 0 unspecified atom stereocenters. The van der Waals surface area contributed by atoms with Gasteiger partial charge in [0.1, 0.15) is 12.1 Å². The van der Waals surface area contributed by atoms with E-state index in [1.807, 2.05) is 48.1 Å². The van der Waals surface area contributed by atoms with Crippen molar-refractivity contribution in [2.45, 2.75) is 46.4 Å². The molecule has 0 radical (unpaired) electrons. The van der Waals surface area contributed by atoms with E-state index in [2.05, 4.69) is 56.9 Å². The molecular formula is C32H29F3N6O2S. The number of hydrogen-bond donors (Lipinski definition) is 0. The number of carbonyl (C=O) groups excluding carboxylic acids is 1. The summed E-state index contributed by atoms with van der Waals surface area (Å²) in [6.07, 6.45) is -1.31. The van der Waals surface area contributed by atoms with Gasteiger partial charge in [0.2, 0.25) is 0 Å². The van der Waals surface area contributed by atoms with Gasteiger partial charge in [0.25, 0.3) is 0 Å². The van der Waals surface area contributed by atoms with Crippen molar-refractivity contribution in [3.8, 4) is 28.5 Å². The molecule has 0 saturated carbocycles. The largest absolute Gasteiger partial charge is 0.573 e. The fourth-order valence-electron chi connectivity index (χ4n) is 4.55. The highest BCUT2D eigenvalue weighted by atomic mass is 32.1. The Labute approximate surface area is 255 Å². The number of amides is 2. The maximum Gasteiger partial charge on any atom is 0.573 e. The summed E-state index contributed by atoms with van der Waals surface area (Å²) in [5.41, 5.74) is 6.52. The van der Waals surface area contributed by atoms with Gasteiger partial charge in [-0.15, -0.1) is 29.6 Å². The zero-order chi connectivity index (χ0) is 31.4. The monoisotopic (exact) mass is 618 g/mol. The fourth-order valence-corrected chi connectivity index (χ4v) is 5.41. The lowest BCUT2D eigenvalue weighted by Gasteiger charge is -2.16. The zero-order valence-electron chi connectivity index (χ0n) is 24.4. The highest BCUT2D eigenvalue weighted by Crippen LogP contribution is 2.26. The van der Waals surface area contributed by atoms with Crippen molar-refractivity contribution in [3.05, 3.63) is 106 Å². The van der Waals surface area contributed by atoms with Gasteiger partial charge < -0.3 is 4.74 Å². The number of urea groups is 1. The molecule has 5 rings (SSSR count). The Bertz CT molecular complexity index is 1870. The highest BCUT2D eigenvalue weighted by molar-refractivity contribution is 7.07. The maximum absolute atomic E-state index is 12.7. The normalized spacial score (nSPS) is 12.4. The number of hydrogen-bond acceptors (Lipinski definition) is 5. The summed E-state index contributed by atoms with van der Waals surface area (Å²) in [6.45, 7) is 8.32. The third-order valence-electron chi connectivity index (χ3n) is 6.69. The molecular weight excluding hydrogens is 589 g/mol. The van der Waals surface area contributed by atoms with E-state index in [0.29, 0.717) is 28.7 Å². The van der Waals surface area contributed by atoms with Crippen LogP contribution in [-0.4, -0.2) is 37.9 Å². The Balaban J connectivity index is 1.25. The SMILES string of the molecule is Cc1ccc(C(C)C)c(-n2c(C)csc2=NC(=O)N=CCc2ccc(-c3ncn(-c4ccc(OC(F)(F)F)cc4)n3)cc2)c1. The highest BCUT2D eigenvalue weighted by Gasteiger charge is 2.31. The molecule has 12 heteroatoms. The van der Waals surface area contributed by atoms with E-state index in [1.165, 1.54) is 58.4 Å². The van der Waals surface area contributed by atoms with E-state index in [4.69, 9.17) is 0 Å². The van der Waals surface area contributed by atoms with Gasteiger partial charge >= 0.3 is 12.4 Å². The lowest BCUT2D eigenvalue weighted by atomic mass is 9.99. The average Bonchev–Trinajstić information content (AvgIpc) is 3.60. The third kappa shape index (κ3) is 7.38. The van der Waals surface area contributed by atoms with E-state index in [-0.39, 0.29) is 5.75 Å². The van der Waals surface area contributed by atoms with E-state index in [1.54, 1.807) is 0 Å². The van der Waals surface area contributed by atoms with Crippen molar-refractivity contribution in [3.63, 3.8) is 0 Å². The molecule has 0 N–H and O–H groups in total. The molecule has 0 saturated heterocycles. The standard InChI is InChI=1S/C32H29F3N6O2S/c1-20(2)27-14-5-21(3)17-28(27)41-22(4)18-44-31(41)38-30(42)36-16-15-23-6-8-24(9-7-23)29-37-19-40(39-29)25-10-12-26(13-11-25)43-32(33,34)35/h5-14,16-20H,15H2,1-4H3. The minimum atomic E-state index is -4.75. The Morgan fingerprint density at radius 2 is 1.77 bits per heavy atom. The zero-order valence-corrected chi connectivity index (χ0v) is 25.2. The summed E-state index contributed by atoms with van der Waals surface area (Å²) >= 11 is 1.40. The summed E-state index contributed by atoms with van der Waals surface area (Å²) < 4.78 is 44.6. The smallest absolute Gasteiger partial charge is 0.406 e. The number of aryl methyl sites for hydroxylation is 2. The lowest BCUT2D eigenvalue weighted by Crippen LogP contribution is -2.18. The second kappa shape index (κ2) is 12.8. The first-order chi connectivity index (χ1) is 21.0. The first-order valence-electron chi connectivity index (χ1n) is 13.7. The summed E-state index contributed by atoms with van der Waals surface area (Å²) in [6, 6.07) is 18.5. The molecule has 2 amide bonds. The van der Waals surface area contributed by atoms with Crippen molar-refractivity contribution in [2.75, 3.05) is 0 Å². The van der Waals surface area contributed by atoms with E-state index < -0.39 is 12.4 Å². The number of thiazole rings is 1. The van der Waals surface area contributed by atoms with Gasteiger partial charge in [-0.25, -0.2) is 19.5 Å². The van der Waals surface area contributed by atoms with Gasteiger partial charge in [-0.05, 0) is 66.8 Å². The molecule has 0 fully saturated rings. The summed E-state index contributed by atoms with van der Waals surface area (Å²) in [5, 5.41) is 6.40. The minimum absolute atomic E-state index is 0.305. The van der Waals surface area contributed by atoms with Crippen LogP contribution in [0.25, 0.3) is 22.8 Å². The van der Waals surface area contributed by atoms with Gasteiger partial charge in [0.15, 0.2) is 10.6 Å². The first-order valence-corrected chi connectivity index (χ1v) is 14.6. The number of aromatic nitrogens is 4. The Hall–Kier alpha value is -4.84. The molecule has 0 atom stereocenters. The molecule has 3 aromatic carbocycles. The molecule has 5 aromatic rings. The van der Waals surface area contributed by atoms with Crippen LogP contribution in [-0.2, 0) is 6.42 Å². The second-order valence-corrected chi connectivity index (χ2v) is 11.2. The minimum Gasteiger partial charge on any atom is -0.406 e. The van der Waals surface area contributed by atoms with Crippen LogP contribution in [0.4, 0.5) is 18.0 Å². The maximum atomic E-state index is 12.7. The molecule has 2 heterocycles.